The van der Waals surface area contributed by atoms with Gasteiger partial charge in [-0.15, -0.1) is 0 Å². The molecule has 1 N–H and O–H groups in total. The Morgan fingerprint density at radius 1 is 1.50 bits per heavy atom. The van der Waals surface area contributed by atoms with E-state index in [1.165, 1.54) is 0 Å². The lowest BCUT2D eigenvalue weighted by Gasteiger charge is -2.03. The first-order valence-corrected chi connectivity index (χ1v) is 1.98. The molecule has 0 aliphatic rings. The molecule has 3 nitrogen and oxygen atoms in total. The minimum atomic E-state index is -1.07. The van der Waals surface area contributed by atoms with Crippen molar-refractivity contribution < 1.29 is 9.90 Å². The lowest BCUT2D eigenvalue weighted by Crippen LogP contribution is -2.15. The average molecular weight is 113 g/mol. The summed E-state index contributed by atoms with van der Waals surface area (Å²) in [5, 5.41) is 8.16. The maximum absolute atomic E-state index is 9.94. The zero-order valence-corrected chi connectivity index (χ0v) is 4.37. The molecule has 0 rings (SSSR count). The second kappa shape index (κ2) is 2.85. The Hall–Kier alpha value is -1.25. The summed E-state index contributed by atoms with van der Waals surface area (Å²) >= 11 is 0. The van der Waals surface area contributed by atoms with E-state index in [1.807, 2.05) is 0 Å². The highest BCUT2D eigenvalue weighted by molar-refractivity contribution is 5.67. The molecule has 1 amide bonds. The van der Waals surface area contributed by atoms with Gasteiger partial charge in [0.15, 0.2) is 0 Å². The molecule has 0 atom stereocenters. The Bertz CT molecular complexity index is 112. The highest BCUT2D eigenvalue weighted by atomic mass is 16.4. The fourth-order valence-electron chi connectivity index (χ4n) is 0.231. The SMILES string of the molecule is C=CN(C=C)C(=O)O. The van der Waals surface area contributed by atoms with Crippen LogP contribution in [0.3, 0.4) is 0 Å². The summed E-state index contributed by atoms with van der Waals surface area (Å²) in [6.07, 6.45) is 1.25. The molecule has 3 heteroatoms. The molecule has 0 spiro atoms. The Labute approximate surface area is 47.5 Å². The molecule has 0 aliphatic carbocycles. The number of carbonyl (C=O) groups is 1. The monoisotopic (exact) mass is 113 g/mol. The molecule has 0 aliphatic heterocycles. The summed E-state index contributed by atoms with van der Waals surface area (Å²) in [4.78, 5) is 10.8. The van der Waals surface area contributed by atoms with Gasteiger partial charge >= 0.3 is 6.09 Å². The molecule has 0 radical (unpaired) electrons. The van der Waals surface area contributed by atoms with Crippen molar-refractivity contribution in [2.75, 3.05) is 0 Å². The van der Waals surface area contributed by atoms with E-state index in [0.717, 1.165) is 17.3 Å². The molecule has 0 fully saturated rings. The topological polar surface area (TPSA) is 40.5 Å². The van der Waals surface area contributed by atoms with Crippen molar-refractivity contribution in [3.8, 4) is 0 Å². The first-order chi connectivity index (χ1) is 3.72. The van der Waals surface area contributed by atoms with Crippen LogP contribution in [0.4, 0.5) is 4.79 Å². The Kier molecular flexibility index (Phi) is 2.40. The van der Waals surface area contributed by atoms with Crippen molar-refractivity contribution in [2.24, 2.45) is 0 Å². The highest BCUT2D eigenvalue weighted by Crippen LogP contribution is 1.86. The van der Waals surface area contributed by atoms with Gasteiger partial charge in [0.1, 0.15) is 0 Å². The molecule has 0 unspecified atom stereocenters. The Morgan fingerprint density at radius 3 is 1.88 bits per heavy atom. The third kappa shape index (κ3) is 1.47. The largest absolute Gasteiger partial charge is 0.464 e. The van der Waals surface area contributed by atoms with Gasteiger partial charge in [-0.1, -0.05) is 13.2 Å². The maximum atomic E-state index is 9.94. The maximum Gasteiger partial charge on any atom is 0.415 e. The number of rotatable bonds is 2. The number of hydrogen-bond acceptors (Lipinski definition) is 1. The molecule has 0 aromatic heterocycles. The zero-order valence-electron chi connectivity index (χ0n) is 4.37. The number of nitrogens with zero attached hydrogens (tertiary/aromatic N) is 1. The van der Waals surface area contributed by atoms with Crippen LogP contribution in [-0.4, -0.2) is 16.1 Å². The zero-order chi connectivity index (χ0) is 6.57. The van der Waals surface area contributed by atoms with Crippen LogP contribution in [0.2, 0.25) is 0 Å². The predicted molar refractivity (Wildman–Crippen MR) is 30.3 cm³/mol. The molecule has 0 heterocycles. The number of amides is 1. The normalized spacial score (nSPS) is 7.50. The summed E-state index contributed by atoms with van der Waals surface area (Å²) in [5.41, 5.74) is 0. The molecule has 0 bridgehead atoms. The van der Waals surface area contributed by atoms with E-state index >= 15 is 0 Å². The van der Waals surface area contributed by atoms with E-state index in [2.05, 4.69) is 13.2 Å². The van der Waals surface area contributed by atoms with Gasteiger partial charge in [0.05, 0.1) is 0 Å². The van der Waals surface area contributed by atoms with Gasteiger partial charge in [-0.25, -0.2) is 4.79 Å². The summed E-state index contributed by atoms with van der Waals surface area (Å²) in [6.45, 7) is 6.45. The second-order valence-electron chi connectivity index (χ2n) is 1.05. The van der Waals surface area contributed by atoms with Crippen LogP contribution in [-0.2, 0) is 0 Å². The van der Waals surface area contributed by atoms with E-state index < -0.39 is 6.09 Å². The molecule has 0 aromatic carbocycles. The summed E-state index contributed by atoms with van der Waals surface area (Å²) < 4.78 is 0. The van der Waals surface area contributed by atoms with Gasteiger partial charge in [-0.3, -0.25) is 4.90 Å². The molecular weight excluding hydrogens is 106 g/mol. The van der Waals surface area contributed by atoms with Crippen molar-refractivity contribution >= 4 is 6.09 Å². The molecular formula is C5H7NO2. The van der Waals surface area contributed by atoms with Crippen molar-refractivity contribution in [3.63, 3.8) is 0 Å². The van der Waals surface area contributed by atoms with Crippen molar-refractivity contribution in [3.05, 3.63) is 25.6 Å². The smallest absolute Gasteiger partial charge is 0.415 e. The molecule has 0 saturated heterocycles. The lowest BCUT2D eigenvalue weighted by atomic mass is 10.7. The first kappa shape index (κ1) is 6.75. The Morgan fingerprint density at radius 2 is 1.88 bits per heavy atom. The minimum absolute atomic E-state index is 0.861. The van der Waals surface area contributed by atoms with E-state index in [4.69, 9.17) is 5.11 Å². The van der Waals surface area contributed by atoms with Crippen molar-refractivity contribution in [1.82, 2.24) is 4.90 Å². The van der Waals surface area contributed by atoms with Crippen molar-refractivity contribution in [1.29, 1.82) is 0 Å². The van der Waals surface area contributed by atoms with Gasteiger partial charge in [0, 0.05) is 12.4 Å². The van der Waals surface area contributed by atoms with Crippen molar-refractivity contribution in [2.45, 2.75) is 0 Å². The molecule has 0 aromatic rings. The average Bonchev–Trinajstić information content (AvgIpc) is 1.69. The Balaban J connectivity index is 3.88. The molecule has 8 heavy (non-hydrogen) atoms. The van der Waals surface area contributed by atoms with E-state index in [9.17, 15) is 4.79 Å². The summed E-state index contributed by atoms with van der Waals surface area (Å²) in [7, 11) is 0. The third-order valence-corrected chi connectivity index (χ3v) is 0.614. The van der Waals surface area contributed by atoms with E-state index in [1.54, 1.807) is 0 Å². The third-order valence-electron chi connectivity index (χ3n) is 0.614. The fourth-order valence-corrected chi connectivity index (χ4v) is 0.231. The summed E-state index contributed by atoms with van der Waals surface area (Å²) in [5.74, 6) is 0. The second-order valence-corrected chi connectivity index (χ2v) is 1.05. The summed E-state index contributed by atoms with van der Waals surface area (Å²) in [6, 6.07) is 0. The first-order valence-electron chi connectivity index (χ1n) is 1.98. The van der Waals surface area contributed by atoms with Crippen LogP contribution in [0.25, 0.3) is 0 Å². The highest BCUT2D eigenvalue weighted by Gasteiger charge is 1.98. The van der Waals surface area contributed by atoms with Crippen LogP contribution < -0.4 is 0 Å². The number of hydrogen-bond donors (Lipinski definition) is 1. The quantitative estimate of drug-likeness (QED) is 0.585. The van der Waals surface area contributed by atoms with Gasteiger partial charge in [0.25, 0.3) is 0 Å². The van der Waals surface area contributed by atoms with Crippen LogP contribution >= 0.6 is 0 Å². The van der Waals surface area contributed by atoms with Gasteiger partial charge in [-0.05, 0) is 0 Å². The molecule has 0 saturated carbocycles. The lowest BCUT2D eigenvalue weighted by molar-refractivity contribution is 0.175. The van der Waals surface area contributed by atoms with E-state index in [-0.39, 0.29) is 0 Å². The van der Waals surface area contributed by atoms with Crippen LogP contribution in [0.15, 0.2) is 25.6 Å². The van der Waals surface area contributed by atoms with Gasteiger partial charge < -0.3 is 5.11 Å². The fraction of sp³-hybridized carbons (Fsp3) is 0. The van der Waals surface area contributed by atoms with Gasteiger partial charge in [-0.2, -0.15) is 0 Å². The van der Waals surface area contributed by atoms with E-state index in [0.29, 0.717) is 0 Å². The van der Waals surface area contributed by atoms with Gasteiger partial charge in [0.2, 0.25) is 0 Å². The molecule has 44 valence electrons. The van der Waals surface area contributed by atoms with Crippen LogP contribution in [0, 0.1) is 0 Å². The predicted octanol–water partition coefficient (Wildman–Crippen LogP) is 1.25. The number of carboxylic acid groups (broad SMARTS) is 1. The minimum Gasteiger partial charge on any atom is -0.464 e. The van der Waals surface area contributed by atoms with Crippen LogP contribution in [0.1, 0.15) is 0 Å². The standard InChI is InChI=1S/C5H7NO2/c1-3-6(4-2)5(7)8/h3-4H,1-2H2,(H,7,8). The van der Waals surface area contributed by atoms with Crippen LogP contribution in [0.5, 0.6) is 0 Å².